The summed E-state index contributed by atoms with van der Waals surface area (Å²) in [6.45, 7) is 2.00. The standard InChI is InChI=1S/C14H19NO3/c1-17-13-7-3-2-5-12(13)10-18-14(16)11-6-4-8-15-9-11/h2-3,5,7,11,15H,4,6,8-10H2,1H3. The fourth-order valence-electron chi connectivity index (χ4n) is 2.14. The minimum absolute atomic E-state index is 0.00606. The van der Waals surface area contributed by atoms with Crippen LogP contribution in [0.3, 0.4) is 0 Å². The van der Waals surface area contributed by atoms with Gasteiger partial charge in [0.25, 0.3) is 0 Å². The molecule has 1 aliphatic heterocycles. The highest BCUT2D eigenvalue weighted by Gasteiger charge is 2.22. The Hall–Kier alpha value is -1.55. The Bertz CT molecular complexity index is 400. The summed E-state index contributed by atoms with van der Waals surface area (Å²) in [5.41, 5.74) is 0.900. The van der Waals surface area contributed by atoms with Crippen molar-refractivity contribution in [1.82, 2.24) is 5.32 Å². The van der Waals surface area contributed by atoms with Crippen molar-refractivity contribution in [3.8, 4) is 5.75 Å². The van der Waals surface area contributed by atoms with Crippen molar-refractivity contribution in [2.75, 3.05) is 20.2 Å². The smallest absolute Gasteiger partial charge is 0.310 e. The summed E-state index contributed by atoms with van der Waals surface area (Å²) < 4.78 is 10.6. The van der Waals surface area contributed by atoms with Gasteiger partial charge in [0.1, 0.15) is 12.4 Å². The lowest BCUT2D eigenvalue weighted by Gasteiger charge is -2.21. The van der Waals surface area contributed by atoms with Gasteiger partial charge in [-0.3, -0.25) is 4.79 Å². The maximum atomic E-state index is 11.9. The molecule has 0 amide bonds. The van der Waals surface area contributed by atoms with Crippen molar-refractivity contribution in [3.63, 3.8) is 0 Å². The molecule has 0 aliphatic carbocycles. The third-order valence-electron chi connectivity index (χ3n) is 3.19. The molecule has 1 unspecified atom stereocenters. The van der Waals surface area contributed by atoms with Gasteiger partial charge in [-0.05, 0) is 25.5 Å². The molecule has 1 aromatic carbocycles. The van der Waals surface area contributed by atoms with Crippen LogP contribution in [0.2, 0.25) is 0 Å². The van der Waals surface area contributed by atoms with E-state index in [0.717, 1.165) is 37.2 Å². The molecule has 1 saturated heterocycles. The molecule has 1 heterocycles. The molecule has 0 saturated carbocycles. The van der Waals surface area contributed by atoms with E-state index in [-0.39, 0.29) is 18.5 Å². The molecule has 2 rings (SSSR count). The Morgan fingerprint density at radius 1 is 1.44 bits per heavy atom. The number of para-hydroxylation sites is 1. The summed E-state index contributed by atoms with van der Waals surface area (Å²) >= 11 is 0. The van der Waals surface area contributed by atoms with Gasteiger partial charge in [-0.15, -0.1) is 0 Å². The van der Waals surface area contributed by atoms with Crippen LogP contribution in [0.1, 0.15) is 18.4 Å². The van der Waals surface area contributed by atoms with Crippen LogP contribution in [-0.4, -0.2) is 26.2 Å². The Labute approximate surface area is 107 Å². The monoisotopic (exact) mass is 249 g/mol. The van der Waals surface area contributed by atoms with Gasteiger partial charge in [0.15, 0.2) is 0 Å². The SMILES string of the molecule is COc1ccccc1COC(=O)C1CCCNC1. The minimum atomic E-state index is -0.117. The third-order valence-corrected chi connectivity index (χ3v) is 3.19. The summed E-state index contributed by atoms with van der Waals surface area (Å²) in [5.74, 6) is 0.633. The Kier molecular flexibility index (Phi) is 4.59. The van der Waals surface area contributed by atoms with Crippen LogP contribution in [0.5, 0.6) is 5.75 Å². The first-order chi connectivity index (χ1) is 8.81. The molecule has 0 radical (unpaired) electrons. The second kappa shape index (κ2) is 6.40. The van der Waals surface area contributed by atoms with Gasteiger partial charge in [0.05, 0.1) is 13.0 Å². The fraction of sp³-hybridized carbons (Fsp3) is 0.500. The maximum Gasteiger partial charge on any atom is 0.310 e. The zero-order valence-electron chi connectivity index (χ0n) is 10.6. The average molecular weight is 249 g/mol. The van der Waals surface area contributed by atoms with Gasteiger partial charge < -0.3 is 14.8 Å². The number of ether oxygens (including phenoxy) is 2. The zero-order chi connectivity index (χ0) is 12.8. The van der Waals surface area contributed by atoms with Crippen LogP contribution in [-0.2, 0) is 16.1 Å². The predicted octanol–water partition coefficient (Wildman–Crippen LogP) is 1.74. The summed E-state index contributed by atoms with van der Waals surface area (Å²) in [6.07, 6.45) is 1.95. The fourth-order valence-corrected chi connectivity index (χ4v) is 2.14. The highest BCUT2D eigenvalue weighted by atomic mass is 16.5. The first-order valence-corrected chi connectivity index (χ1v) is 6.30. The van der Waals surface area contributed by atoms with Gasteiger partial charge in [-0.2, -0.15) is 0 Å². The quantitative estimate of drug-likeness (QED) is 0.826. The summed E-state index contributed by atoms with van der Waals surface area (Å²) in [7, 11) is 1.62. The average Bonchev–Trinajstić information content (AvgIpc) is 2.46. The second-order valence-electron chi connectivity index (χ2n) is 4.46. The van der Waals surface area contributed by atoms with E-state index in [1.165, 1.54) is 0 Å². The van der Waals surface area contributed by atoms with Crippen LogP contribution >= 0.6 is 0 Å². The predicted molar refractivity (Wildman–Crippen MR) is 68.4 cm³/mol. The van der Waals surface area contributed by atoms with Crippen molar-refractivity contribution in [2.24, 2.45) is 5.92 Å². The highest BCUT2D eigenvalue weighted by Crippen LogP contribution is 2.19. The Morgan fingerprint density at radius 2 is 2.28 bits per heavy atom. The maximum absolute atomic E-state index is 11.9. The summed E-state index contributed by atoms with van der Waals surface area (Å²) in [4.78, 5) is 11.9. The van der Waals surface area contributed by atoms with Gasteiger partial charge in [0.2, 0.25) is 0 Å². The van der Waals surface area contributed by atoms with Gasteiger partial charge in [0, 0.05) is 12.1 Å². The highest BCUT2D eigenvalue weighted by molar-refractivity contribution is 5.72. The molecule has 0 bridgehead atoms. The molecule has 1 atom stereocenters. The lowest BCUT2D eigenvalue weighted by molar-refractivity contribution is -0.150. The molecule has 1 fully saturated rings. The molecule has 1 N–H and O–H groups in total. The number of carbonyl (C=O) groups excluding carboxylic acids is 1. The lowest BCUT2D eigenvalue weighted by Crippen LogP contribution is -2.35. The van der Waals surface area contributed by atoms with Gasteiger partial charge in [-0.1, -0.05) is 18.2 Å². The molecule has 1 aromatic rings. The third kappa shape index (κ3) is 3.23. The van der Waals surface area contributed by atoms with E-state index < -0.39 is 0 Å². The zero-order valence-corrected chi connectivity index (χ0v) is 10.6. The molecule has 0 aromatic heterocycles. The van der Waals surface area contributed by atoms with Crippen LogP contribution in [0.25, 0.3) is 0 Å². The number of nitrogens with one attached hydrogen (secondary N) is 1. The van der Waals surface area contributed by atoms with Crippen LogP contribution < -0.4 is 10.1 Å². The minimum Gasteiger partial charge on any atom is -0.496 e. The van der Waals surface area contributed by atoms with E-state index >= 15 is 0 Å². The van der Waals surface area contributed by atoms with Gasteiger partial charge in [-0.25, -0.2) is 0 Å². The van der Waals surface area contributed by atoms with Crippen LogP contribution in [0, 0.1) is 5.92 Å². The molecule has 4 nitrogen and oxygen atoms in total. The summed E-state index contributed by atoms with van der Waals surface area (Å²) in [5, 5.41) is 3.21. The molecular formula is C14H19NO3. The van der Waals surface area contributed by atoms with E-state index in [2.05, 4.69) is 5.32 Å². The number of hydrogen-bond acceptors (Lipinski definition) is 4. The molecule has 98 valence electrons. The molecule has 4 heteroatoms. The van der Waals surface area contributed by atoms with Crippen LogP contribution in [0.4, 0.5) is 0 Å². The first kappa shape index (κ1) is 12.9. The lowest BCUT2D eigenvalue weighted by atomic mass is 10.0. The second-order valence-corrected chi connectivity index (χ2v) is 4.46. The molecule has 18 heavy (non-hydrogen) atoms. The van der Waals surface area contributed by atoms with E-state index in [0.29, 0.717) is 0 Å². The number of piperidine rings is 1. The van der Waals surface area contributed by atoms with Gasteiger partial charge >= 0.3 is 5.97 Å². The van der Waals surface area contributed by atoms with E-state index in [1.807, 2.05) is 24.3 Å². The van der Waals surface area contributed by atoms with Crippen molar-refractivity contribution < 1.29 is 14.3 Å². The Morgan fingerprint density at radius 3 is 3.00 bits per heavy atom. The van der Waals surface area contributed by atoms with Crippen molar-refractivity contribution in [2.45, 2.75) is 19.4 Å². The van der Waals surface area contributed by atoms with Crippen molar-refractivity contribution >= 4 is 5.97 Å². The molecular weight excluding hydrogens is 230 g/mol. The molecule has 1 aliphatic rings. The number of benzene rings is 1. The topological polar surface area (TPSA) is 47.6 Å². The van der Waals surface area contributed by atoms with Crippen molar-refractivity contribution in [1.29, 1.82) is 0 Å². The van der Waals surface area contributed by atoms with E-state index in [9.17, 15) is 4.79 Å². The first-order valence-electron chi connectivity index (χ1n) is 6.30. The largest absolute Gasteiger partial charge is 0.496 e. The number of carbonyl (C=O) groups is 1. The number of esters is 1. The van der Waals surface area contributed by atoms with Crippen LogP contribution in [0.15, 0.2) is 24.3 Å². The van der Waals surface area contributed by atoms with Crippen molar-refractivity contribution in [3.05, 3.63) is 29.8 Å². The van der Waals surface area contributed by atoms with E-state index in [4.69, 9.17) is 9.47 Å². The Balaban J connectivity index is 1.88. The summed E-state index contributed by atoms with van der Waals surface area (Å²) in [6, 6.07) is 7.58. The number of methoxy groups -OCH3 is 1. The van der Waals surface area contributed by atoms with E-state index in [1.54, 1.807) is 7.11 Å². The number of hydrogen-bond donors (Lipinski definition) is 1. The number of rotatable bonds is 4. The normalized spacial score (nSPS) is 19.3. The molecule has 0 spiro atoms.